The summed E-state index contributed by atoms with van der Waals surface area (Å²) in [4.78, 5) is 18.8. The topological polar surface area (TPSA) is 57.3 Å². The van der Waals surface area contributed by atoms with Crippen molar-refractivity contribution in [2.75, 3.05) is 7.05 Å². The van der Waals surface area contributed by atoms with Gasteiger partial charge in [0.15, 0.2) is 0 Å². The summed E-state index contributed by atoms with van der Waals surface area (Å²) in [5.74, 6) is -0.334. The molecule has 0 bridgehead atoms. The molecule has 0 aliphatic carbocycles. The fraction of sp³-hybridized carbons (Fsp3) is 0.444. The number of nitrogens with one attached hydrogen (secondary N) is 2. The van der Waals surface area contributed by atoms with Crippen molar-refractivity contribution in [2.24, 2.45) is 5.92 Å². The van der Waals surface area contributed by atoms with Crippen molar-refractivity contribution in [2.45, 2.75) is 38.9 Å². The molecule has 1 aliphatic heterocycles. The Bertz CT molecular complexity index is 756. The van der Waals surface area contributed by atoms with Gasteiger partial charge in [0.1, 0.15) is 17.0 Å². The molecule has 2 heterocycles. The summed E-state index contributed by atoms with van der Waals surface area (Å²) in [5, 5.41) is 0.689. The van der Waals surface area contributed by atoms with E-state index in [4.69, 9.17) is 0 Å². The van der Waals surface area contributed by atoms with Gasteiger partial charge in [0, 0.05) is 36.5 Å². The third-order valence-electron chi connectivity index (χ3n) is 5.07. The number of carbonyl (C=O) groups excluding carboxylic acids is 1. The number of rotatable bonds is 3. The molecule has 3 unspecified atom stereocenters. The van der Waals surface area contributed by atoms with E-state index in [2.05, 4.69) is 29.7 Å². The van der Waals surface area contributed by atoms with Gasteiger partial charge in [-0.2, -0.15) is 0 Å². The third-order valence-corrected chi connectivity index (χ3v) is 5.07. The predicted molar refractivity (Wildman–Crippen MR) is 91.9 cm³/mol. The number of fused-ring (bicyclic) bond motifs is 1. The van der Waals surface area contributed by atoms with E-state index >= 15 is 0 Å². The van der Waals surface area contributed by atoms with Crippen LogP contribution < -0.4 is 10.9 Å². The summed E-state index contributed by atoms with van der Waals surface area (Å²) in [6, 6.07) is 8.70. The summed E-state index contributed by atoms with van der Waals surface area (Å²) in [6.45, 7) is 6.23. The van der Waals surface area contributed by atoms with Gasteiger partial charge in [0.25, 0.3) is 5.91 Å². The van der Waals surface area contributed by atoms with Crippen LogP contribution >= 0.6 is 0 Å². The lowest BCUT2D eigenvalue weighted by Crippen LogP contribution is -2.46. The van der Waals surface area contributed by atoms with Gasteiger partial charge in [0.2, 0.25) is 0 Å². The quantitative estimate of drug-likeness (QED) is 0.907. The highest BCUT2D eigenvalue weighted by Gasteiger charge is 2.37. The second-order valence-electron chi connectivity index (χ2n) is 6.61. The highest BCUT2D eigenvalue weighted by Crippen LogP contribution is 2.23. The summed E-state index contributed by atoms with van der Waals surface area (Å²) in [6.07, 6.45) is 0. The van der Waals surface area contributed by atoms with Gasteiger partial charge in [-0.05, 0) is 32.9 Å². The first-order valence-electron chi connectivity index (χ1n) is 8.23. The molecule has 1 aromatic heterocycles. The smallest absolute Gasteiger partial charge is 0.272 e. The van der Waals surface area contributed by atoms with Crippen molar-refractivity contribution in [1.82, 2.24) is 20.7 Å². The fourth-order valence-electron chi connectivity index (χ4n) is 3.58. The van der Waals surface area contributed by atoms with Crippen LogP contribution in [0.25, 0.3) is 10.9 Å². The Morgan fingerprint density at radius 2 is 1.88 bits per heavy atom. The molecule has 0 radical (unpaired) electrons. The SMILES string of the molecule is CC1NNC(C)C1C(C)N(C)C(=O)c1ccc2cccc(F)c2n1. The molecule has 3 atom stereocenters. The normalized spacial score (nSPS) is 25.0. The Balaban J connectivity index is 1.86. The highest BCUT2D eigenvalue weighted by molar-refractivity contribution is 5.95. The molecule has 0 spiro atoms. The summed E-state index contributed by atoms with van der Waals surface area (Å²) in [7, 11) is 1.78. The van der Waals surface area contributed by atoms with Crippen LogP contribution in [0.5, 0.6) is 0 Å². The standard InChI is InChI=1S/C18H23FN4O/c1-10-16(11(2)22-21-10)12(3)23(4)18(24)15-9-8-13-6-5-7-14(19)17(13)20-15/h5-12,16,21-22H,1-4H3. The second kappa shape index (κ2) is 6.45. The molecule has 1 aliphatic rings. The van der Waals surface area contributed by atoms with Crippen LogP contribution in [0.3, 0.4) is 0 Å². The number of carbonyl (C=O) groups is 1. The molecule has 2 N–H and O–H groups in total. The van der Waals surface area contributed by atoms with Crippen LogP contribution in [0.15, 0.2) is 30.3 Å². The Hall–Kier alpha value is -2.05. The van der Waals surface area contributed by atoms with Crippen molar-refractivity contribution < 1.29 is 9.18 Å². The van der Waals surface area contributed by atoms with E-state index in [1.54, 1.807) is 36.2 Å². The van der Waals surface area contributed by atoms with Gasteiger partial charge in [-0.3, -0.25) is 15.6 Å². The van der Waals surface area contributed by atoms with Crippen LogP contribution in [0.4, 0.5) is 4.39 Å². The molecular weight excluding hydrogens is 307 g/mol. The van der Waals surface area contributed by atoms with Crippen LogP contribution in [0.1, 0.15) is 31.3 Å². The average Bonchev–Trinajstić information content (AvgIpc) is 2.91. The zero-order valence-electron chi connectivity index (χ0n) is 14.4. The van der Waals surface area contributed by atoms with Crippen molar-refractivity contribution >= 4 is 16.8 Å². The first-order chi connectivity index (χ1) is 11.4. The average molecular weight is 330 g/mol. The van der Waals surface area contributed by atoms with Gasteiger partial charge < -0.3 is 4.90 Å². The van der Waals surface area contributed by atoms with Crippen LogP contribution in [-0.2, 0) is 0 Å². The van der Waals surface area contributed by atoms with Crippen molar-refractivity contribution in [1.29, 1.82) is 0 Å². The number of para-hydroxylation sites is 1. The van der Waals surface area contributed by atoms with E-state index in [1.165, 1.54) is 6.07 Å². The minimum absolute atomic E-state index is 0.0168. The van der Waals surface area contributed by atoms with Gasteiger partial charge in [-0.1, -0.05) is 18.2 Å². The maximum Gasteiger partial charge on any atom is 0.272 e. The van der Waals surface area contributed by atoms with Crippen LogP contribution in [-0.4, -0.2) is 41.0 Å². The van der Waals surface area contributed by atoms with E-state index in [0.29, 0.717) is 5.39 Å². The second-order valence-corrected chi connectivity index (χ2v) is 6.61. The van der Waals surface area contributed by atoms with E-state index in [1.807, 2.05) is 6.92 Å². The van der Waals surface area contributed by atoms with Gasteiger partial charge in [0.05, 0.1) is 0 Å². The predicted octanol–water partition coefficient (Wildman–Crippen LogP) is 2.34. The molecule has 1 fully saturated rings. The minimum Gasteiger partial charge on any atom is -0.337 e. The molecule has 24 heavy (non-hydrogen) atoms. The van der Waals surface area contributed by atoms with Crippen LogP contribution in [0, 0.1) is 11.7 Å². The lowest BCUT2D eigenvalue weighted by atomic mass is 9.88. The number of nitrogens with zero attached hydrogens (tertiary/aromatic N) is 2. The summed E-state index contributed by atoms with van der Waals surface area (Å²) in [5.41, 5.74) is 6.92. The van der Waals surface area contributed by atoms with E-state index in [0.717, 1.165) is 0 Å². The Morgan fingerprint density at radius 3 is 2.54 bits per heavy atom. The number of pyridine rings is 1. The molecule has 1 saturated heterocycles. The number of aromatic nitrogens is 1. The lowest BCUT2D eigenvalue weighted by Gasteiger charge is -2.33. The molecule has 2 aromatic rings. The number of hydrogen-bond donors (Lipinski definition) is 2. The first-order valence-corrected chi connectivity index (χ1v) is 8.23. The Morgan fingerprint density at radius 1 is 1.21 bits per heavy atom. The third kappa shape index (κ3) is 2.87. The van der Waals surface area contributed by atoms with E-state index < -0.39 is 5.82 Å². The van der Waals surface area contributed by atoms with Gasteiger partial charge >= 0.3 is 0 Å². The number of hydrogen-bond acceptors (Lipinski definition) is 4. The van der Waals surface area contributed by atoms with E-state index in [9.17, 15) is 9.18 Å². The summed E-state index contributed by atoms with van der Waals surface area (Å²) >= 11 is 0. The van der Waals surface area contributed by atoms with Gasteiger partial charge in [-0.15, -0.1) is 0 Å². The lowest BCUT2D eigenvalue weighted by molar-refractivity contribution is 0.0673. The van der Waals surface area contributed by atoms with Crippen molar-refractivity contribution in [3.05, 3.63) is 41.8 Å². The van der Waals surface area contributed by atoms with Crippen molar-refractivity contribution in [3.63, 3.8) is 0 Å². The first kappa shape index (κ1) is 16.8. The number of hydrazine groups is 1. The maximum absolute atomic E-state index is 13.9. The molecule has 5 nitrogen and oxygen atoms in total. The number of amides is 1. The molecular formula is C18H23FN4O. The zero-order valence-corrected chi connectivity index (χ0v) is 14.4. The molecule has 3 rings (SSSR count). The summed E-state index contributed by atoms with van der Waals surface area (Å²) < 4.78 is 13.9. The minimum atomic E-state index is -0.413. The monoisotopic (exact) mass is 330 g/mol. The van der Waals surface area contributed by atoms with Gasteiger partial charge in [-0.25, -0.2) is 9.37 Å². The maximum atomic E-state index is 13.9. The molecule has 1 amide bonds. The number of halogens is 1. The van der Waals surface area contributed by atoms with Crippen LogP contribution in [0.2, 0.25) is 0 Å². The Labute approximate surface area is 141 Å². The zero-order chi connectivity index (χ0) is 17.4. The molecule has 128 valence electrons. The number of benzene rings is 1. The molecule has 1 aromatic carbocycles. The largest absolute Gasteiger partial charge is 0.337 e. The van der Waals surface area contributed by atoms with E-state index in [-0.39, 0.29) is 41.2 Å². The Kier molecular flexibility index (Phi) is 4.51. The fourth-order valence-corrected chi connectivity index (χ4v) is 3.58. The molecule has 6 heteroatoms. The van der Waals surface area contributed by atoms with Crippen molar-refractivity contribution in [3.8, 4) is 0 Å². The molecule has 0 saturated carbocycles. The highest BCUT2D eigenvalue weighted by atomic mass is 19.1.